The summed E-state index contributed by atoms with van der Waals surface area (Å²) in [7, 11) is -2.89. The lowest BCUT2D eigenvalue weighted by molar-refractivity contribution is 0.392. The molecule has 1 atom stereocenters. The maximum Gasteiger partial charge on any atom is 0.191 e. The minimum atomic E-state index is -2.89. The zero-order chi connectivity index (χ0) is 16.2. The van der Waals surface area contributed by atoms with Gasteiger partial charge >= 0.3 is 0 Å². The molecule has 0 aromatic carbocycles. The van der Waals surface area contributed by atoms with Crippen LogP contribution < -0.4 is 10.6 Å². The fourth-order valence-corrected chi connectivity index (χ4v) is 4.23. The van der Waals surface area contributed by atoms with Gasteiger partial charge in [-0.05, 0) is 33.6 Å². The number of hydrogen-bond donors (Lipinski definition) is 2. The van der Waals surface area contributed by atoms with Crippen LogP contribution in [-0.4, -0.2) is 50.2 Å². The summed E-state index contributed by atoms with van der Waals surface area (Å²) in [5.41, 5.74) is 1.98. The van der Waals surface area contributed by atoms with Crippen molar-refractivity contribution in [2.24, 2.45) is 4.99 Å². The lowest BCUT2D eigenvalue weighted by atomic mass is 10.1. The zero-order valence-corrected chi connectivity index (χ0v) is 14.2. The van der Waals surface area contributed by atoms with Crippen molar-refractivity contribution in [1.29, 1.82) is 0 Å². The SMILES string of the molecule is CCNC(=NCCc1c(C)noc1C)NC1CCS(=O)(=O)C1. The maximum atomic E-state index is 11.5. The van der Waals surface area contributed by atoms with Crippen molar-refractivity contribution >= 4 is 15.8 Å². The highest BCUT2D eigenvalue weighted by Gasteiger charge is 2.28. The van der Waals surface area contributed by atoms with Gasteiger partial charge in [-0.1, -0.05) is 5.16 Å². The van der Waals surface area contributed by atoms with E-state index in [1.807, 2.05) is 20.8 Å². The standard InChI is InChI=1S/C14H24N4O3S/c1-4-15-14(17-12-6-8-22(19,20)9-12)16-7-5-13-10(2)18-21-11(13)3/h12H,4-9H2,1-3H3,(H2,15,16,17). The number of nitrogens with zero attached hydrogens (tertiary/aromatic N) is 2. The highest BCUT2D eigenvalue weighted by atomic mass is 32.2. The van der Waals surface area contributed by atoms with Gasteiger partial charge in [0, 0.05) is 24.7 Å². The van der Waals surface area contributed by atoms with Gasteiger partial charge in [0.25, 0.3) is 0 Å². The summed E-state index contributed by atoms with van der Waals surface area (Å²) in [6.45, 7) is 7.12. The van der Waals surface area contributed by atoms with E-state index in [1.54, 1.807) is 0 Å². The Morgan fingerprint density at radius 2 is 2.23 bits per heavy atom. The quantitative estimate of drug-likeness (QED) is 0.606. The zero-order valence-electron chi connectivity index (χ0n) is 13.3. The fourth-order valence-electron chi connectivity index (χ4n) is 2.56. The van der Waals surface area contributed by atoms with E-state index in [-0.39, 0.29) is 17.5 Å². The van der Waals surface area contributed by atoms with Crippen LogP contribution >= 0.6 is 0 Å². The summed E-state index contributed by atoms with van der Waals surface area (Å²) >= 11 is 0. The molecule has 2 N–H and O–H groups in total. The Labute approximate surface area is 131 Å². The first-order valence-electron chi connectivity index (χ1n) is 7.58. The van der Waals surface area contributed by atoms with Crippen LogP contribution in [0.3, 0.4) is 0 Å². The second kappa shape index (κ2) is 7.13. The predicted molar refractivity (Wildman–Crippen MR) is 85.9 cm³/mol. The number of aromatic nitrogens is 1. The van der Waals surface area contributed by atoms with E-state index >= 15 is 0 Å². The van der Waals surface area contributed by atoms with Crippen molar-refractivity contribution in [3.8, 4) is 0 Å². The lowest BCUT2D eigenvalue weighted by Gasteiger charge is -2.15. The van der Waals surface area contributed by atoms with Crippen molar-refractivity contribution in [3.63, 3.8) is 0 Å². The Bertz CT molecular complexity index is 617. The summed E-state index contributed by atoms with van der Waals surface area (Å²) in [4.78, 5) is 4.51. The number of hydrogen-bond acceptors (Lipinski definition) is 5. The topological polar surface area (TPSA) is 96.6 Å². The third-order valence-corrected chi connectivity index (χ3v) is 5.50. The summed E-state index contributed by atoms with van der Waals surface area (Å²) in [6, 6.07) is -0.0538. The Hall–Kier alpha value is -1.57. The van der Waals surface area contributed by atoms with E-state index in [0.717, 1.165) is 30.0 Å². The van der Waals surface area contributed by atoms with Gasteiger partial charge < -0.3 is 15.2 Å². The van der Waals surface area contributed by atoms with Gasteiger partial charge in [0.1, 0.15) is 5.76 Å². The molecule has 1 aliphatic rings. The van der Waals surface area contributed by atoms with Crippen LogP contribution in [0.25, 0.3) is 0 Å². The summed E-state index contributed by atoms with van der Waals surface area (Å²) in [5, 5.41) is 10.3. The van der Waals surface area contributed by atoms with Crippen LogP contribution in [0.4, 0.5) is 0 Å². The minimum Gasteiger partial charge on any atom is -0.361 e. The fraction of sp³-hybridized carbons (Fsp3) is 0.714. The van der Waals surface area contributed by atoms with Crippen molar-refractivity contribution in [3.05, 3.63) is 17.0 Å². The molecule has 8 heteroatoms. The number of guanidine groups is 1. The second-order valence-corrected chi connectivity index (χ2v) is 7.79. The Morgan fingerprint density at radius 3 is 2.77 bits per heavy atom. The minimum absolute atomic E-state index is 0.0538. The van der Waals surface area contributed by atoms with Crippen LogP contribution in [0.2, 0.25) is 0 Å². The number of rotatable bonds is 5. The molecular weight excluding hydrogens is 304 g/mol. The first kappa shape index (κ1) is 16.8. The Morgan fingerprint density at radius 1 is 1.45 bits per heavy atom. The van der Waals surface area contributed by atoms with E-state index in [9.17, 15) is 8.42 Å². The molecule has 0 radical (unpaired) electrons. The molecule has 1 saturated heterocycles. The van der Waals surface area contributed by atoms with Crippen LogP contribution in [-0.2, 0) is 16.3 Å². The van der Waals surface area contributed by atoms with E-state index in [4.69, 9.17) is 4.52 Å². The van der Waals surface area contributed by atoms with Crippen molar-refractivity contribution in [2.75, 3.05) is 24.6 Å². The van der Waals surface area contributed by atoms with Gasteiger partial charge in [-0.15, -0.1) is 0 Å². The Balaban J connectivity index is 1.93. The number of aliphatic imine (C=N–C) groups is 1. The summed E-state index contributed by atoms with van der Waals surface area (Å²) < 4.78 is 28.1. The monoisotopic (exact) mass is 328 g/mol. The molecule has 0 bridgehead atoms. The average Bonchev–Trinajstić information content (AvgIpc) is 2.94. The van der Waals surface area contributed by atoms with Gasteiger partial charge in [-0.2, -0.15) is 0 Å². The van der Waals surface area contributed by atoms with Crippen LogP contribution in [0.1, 0.15) is 30.4 Å². The van der Waals surface area contributed by atoms with E-state index < -0.39 is 9.84 Å². The summed E-state index contributed by atoms with van der Waals surface area (Å²) in [6.07, 6.45) is 1.39. The highest BCUT2D eigenvalue weighted by Crippen LogP contribution is 2.13. The van der Waals surface area contributed by atoms with Gasteiger partial charge in [0.15, 0.2) is 15.8 Å². The molecular formula is C14H24N4O3S. The molecule has 1 unspecified atom stereocenters. The largest absolute Gasteiger partial charge is 0.361 e. The predicted octanol–water partition coefficient (Wildman–Crippen LogP) is 0.576. The number of nitrogens with one attached hydrogen (secondary N) is 2. The second-order valence-electron chi connectivity index (χ2n) is 5.56. The van der Waals surface area contributed by atoms with Gasteiger partial charge in [0.2, 0.25) is 0 Å². The third kappa shape index (κ3) is 4.46. The molecule has 0 amide bonds. The molecule has 1 aliphatic heterocycles. The van der Waals surface area contributed by atoms with Crippen LogP contribution in [0, 0.1) is 13.8 Å². The van der Waals surface area contributed by atoms with Crippen LogP contribution in [0.15, 0.2) is 9.52 Å². The third-order valence-electron chi connectivity index (χ3n) is 3.73. The van der Waals surface area contributed by atoms with Crippen molar-refractivity contribution < 1.29 is 12.9 Å². The van der Waals surface area contributed by atoms with E-state index in [1.165, 1.54) is 0 Å². The van der Waals surface area contributed by atoms with Crippen molar-refractivity contribution in [1.82, 2.24) is 15.8 Å². The normalized spacial score (nSPS) is 21.0. The molecule has 2 heterocycles. The molecule has 1 fully saturated rings. The smallest absolute Gasteiger partial charge is 0.191 e. The molecule has 7 nitrogen and oxygen atoms in total. The lowest BCUT2D eigenvalue weighted by Crippen LogP contribution is -2.44. The van der Waals surface area contributed by atoms with E-state index in [2.05, 4.69) is 20.8 Å². The molecule has 0 saturated carbocycles. The average molecular weight is 328 g/mol. The summed E-state index contributed by atoms with van der Waals surface area (Å²) in [5.74, 6) is 1.92. The first-order valence-corrected chi connectivity index (χ1v) is 9.40. The van der Waals surface area contributed by atoms with Crippen LogP contribution in [0.5, 0.6) is 0 Å². The molecule has 1 aromatic heterocycles. The molecule has 0 spiro atoms. The molecule has 124 valence electrons. The molecule has 0 aliphatic carbocycles. The Kier molecular flexibility index (Phi) is 5.44. The van der Waals surface area contributed by atoms with E-state index in [0.29, 0.717) is 18.9 Å². The van der Waals surface area contributed by atoms with Gasteiger partial charge in [-0.25, -0.2) is 8.42 Å². The highest BCUT2D eigenvalue weighted by molar-refractivity contribution is 7.91. The van der Waals surface area contributed by atoms with Gasteiger partial charge in [0.05, 0.1) is 17.2 Å². The van der Waals surface area contributed by atoms with Gasteiger partial charge in [-0.3, -0.25) is 4.99 Å². The van der Waals surface area contributed by atoms with Crippen molar-refractivity contribution in [2.45, 2.75) is 39.7 Å². The first-order chi connectivity index (χ1) is 10.4. The molecule has 1 aromatic rings. The maximum absolute atomic E-state index is 11.5. The number of sulfone groups is 1. The molecule has 22 heavy (non-hydrogen) atoms. The molecule has 2 rings (SSSR count). The number of aryl methyl sites for hydroxylation is 2.